The molecule has 1 N–H and O–H groups in total. The number of hydrogen-bond acceptors (Lipinski definition) is 7. The third-order valence-corrected chi connectivity index (χ3v) is 4.88. The molecule has 4 aromatic heterocycles. The Morgan fingerprint density at radius 3 is 2.85 bits per heavy atom. The summed E-state index contributed by atoms with van der Waals surface area (Å²) < 4.78 is 0. The van der Waals surface area contributed by atoms with Gasteiger partial charge in [0.2, 0.25) is 5.95 Å². The molecule has 26 heavy (non-hydrogen) atoms. The summed E-state index contributed by atoms with van der Waals surface area (Å²) in [5.74, 6) is 0.685. The topological polar surface area (TPSA) is 83.5 Å². The summed E-state index contributed by atoms with van der Waals surface area (Å²) in [6, 6.07) is 4.08. The summed E-state index contributed by atoms with van der Waals surface area (Å²) in [7, 11) is 2.00. The summed E-state index contributed by atoms with van der Waals surface area (Å²) in [6.45, 7) is 0.800. The highest BCUT2D eigenvalue weighted by atomic mass is 32.1. The first-order valence-corrected chi connectivity index (χ1v) is 9.05. The van der Waals surface area contributed by atoms with Crippen LogP contribution in [0.5, 0.6) is 0 Å². The smallest absolute Gasteiger partial charge is 0.225 e. The number of nitrogens with zero attached hydrogens (tertiary/aromatic N) is 6. The number of aromatic nitrogens is 6. The summed E-state index contributed by atoms with van der Waals surface area (Å²) in [5.41, 5.74) is 3.68. The fraction of sp³-hybridized carbons (Fsp3) is 0.167. The Balaban J connectivity index is 1.66. The van der Waals surface area contributed by atoms with Crippen molar-refractivity contribution in [3.63, 3.8) is 0 Å². The van der Waals surface area contributed by atoms with Crippen LogP contribution in [0.3, 0.4) is 0 Å². The van der Waals surface area contributed by atoms with Crippen molar-refractivity contribution in [1.82, 2.24) is 30.1 Å². The monoisotopic (exact) mass is 363 g/mol. The van der Waals surface area contributed by atoms with Gasteiger partial charge in [0.05, 0.1) is 28.7 Å². The molecule has 8 heteroatoms. The van der Waals surface area contributed by atoms with Crippen LogP contribution >= 0.6 is 11.3 Å². The van der Waals surface area contributed by atoms with Gasteiger partial charge in [0.25, 0.3) is 0 Å². The van der Waals surface area contributed by atoms with E-state index in [4.69, 9.17) is 4.98 Å². The molecule has 7 nitrogen and oxygen atoms in total. The zero-order chi connectivity index (χ0) is 17.8. The van der Waals surface area contributed by atoms with E-state index >= 15 is 0 Å². The van der Waals surface area contributed by atoms with E-state index in [2.05, 4.69) is 31.2 Å². The Morgan fingerprint density at radius 1 is 1.15 bits per heavy atom. The highest BCUT2D eigenvalue weighted by Crippen LogP contribution is 2.32. The van der Waals surface area contributed by atoms with Gasteiger partial charge in [-0.3, -0.25) is 15.1 Å². The van der Waals surface area contributed by atoms with Crippen LogP contribution in [0.2, 0.25) is 0 Å². The molecule has 0 saturated heterocycles. The van der Waals surface area contributed by atoms with Crippen molar-refractivity contribution < 1.29 is 0 Å². The second-order valence-corrected chi connectivity index (χ2v) is 6.73. The predicted molar refractivity (Wildman–Crippen MR) is 102 cm³/mol. The normalized spacial score (nSPS) is 10.8. The van der Waals surface area contributed by atoms with Crippen molar-refractivity contribution in [1.29, 1.82) is 0 Å². The summed E-state index contributed by atoms with van der Waals surface area (Å²) >= 11 is 1.65. The molecule has 4 rings (SSSR count). The van der Waals surface area contributed by atoms with Crippen LogP contribution in [0.25, 0.3) is 21.8 Å². The maximum atomic E-state index is 4.83. The number of anilines is 1. The van der Waals surface area contributed by atoms with E-state index < -0.39 is 0 Å². The summed E-state index contributed by atoms with van der Waals surface area (Å²) in [6.07, 6.45) is 11.5. The summed E-state index contributed by atoms with van der Waals surface area (Å²) in [4.78, 5) is 21.1. The van der Waals surface area contributed by atoms with Crippen molar-refractivity contribution in [2.24, 2.45) is 0 Å². The minimum Gasteiger partial charge on any atom is -0.344 e. The van der Waals surface area contributed by atoms with Gasteiger partial charge in [0.1, 0.15) is 0 Å². The maximum absolute atomic E-state index is 4.83. The molecule has 0 unspecified atom stereocenters. The lowest BCUT2D eigenvalue weighted by Gasteiger charge is -2.18. The van der Waals surface area contributed by atoms with Gasteiger partial charge < -0.3 is 4.90 Å². The van der Waals surface area contributed by atoms with Crippen LogP contribution in [-0.2, 0) is 6.42 Å². The van der Waals surface area contributed by atoms with Crippen LogP contribution in [0.15, 0.2) is 54.7 Å². The molecule has 0 saturated carbocycles. The van der Waals surface area contributed by atoms with Crippen LogP contribution in [0.1, 0.15) is 5.56 Å². The van der Waals surface area contributed by atoms with Gasteiger partial charge in [-0.25, -0.2) is 9.97 Å². The second-order valence-electron chi connectivity index (χ2n) is 5.78. The third-order valence-electron chi connectivity index (χ3n) is 4.00. The van der Waals surface area contributed by atoms with Crippen LogP contribution in [0.4, 0.5) is 5.95 Å². The fourth-order valence-electron chi connectivity index (χ4n) is 2.59. The number of thiophene rings is 1. The van der Waals surface area contributed by atoms with Crippen LogP contribution in [0, 0.1) is 0 Å². The highest BCUT2D eigenvalue weighted by molar-refractivity contribution is 7.13. The number of rotatable bonds is 6. The van der Waals surface area contributed by atoms with Gasteiger partial charge in [0, 0.05) is 43.9 Å². The zero-order valence-corrected chi connectivity index (χ0v) is 15.0. The van der Waals surface area contributed by atoms with Gasteiger partial charge in [-0.1, -0.05) is 6.07 Å². The molecule has 0 bridgehead atoms. The SMILES string of the molecule is CN(CCc1cn[nH]c1)c1ncc(-c2cnccn2)c(-c2cccs2)n1. The molecular weight excluding hydrogens is 346 g/mol. The van der Waals surface area contributed by atoms with E-state index in [-0.39, 0.29) is 0 Å². The van der Waals surface area contributed by atoms with E-state index in [1.165, 1.54) is 0 Å². The molecule has 0 aliphatic rings. The molecule has 4 aromatic rings. The maximum Gasteiger partial charge on any atom is 0.225 e. The predicted octanol–water partition coefficient (Wildman–Crippen LogP) is 3.06. The molecule has 4 heterocycles. The first kappa shape index (κ1) is 16.3. The second kappa shape index (κ2) is 7.40. The Hall–Kier alpha value is -3.13. The zero-order valence-electron chi connectivity index (χ0n) is 14.2. The number of H-pyrrole nitrogens is 1. The van der Waals surface area contributed by atoms with E-state index in [9.17, 15) is 0 Å². The molecule has 0 aliphatic heterocycles. The Morgan fingerprint density at radius 2 is 2.12 bits per heavy atom. The van der Waals surface area contributed by atoms with Gasteiger partial charge in [-0.05, 0) is 23.4 Å². The van der Waals surface area contributed by atoms with Crippen molar-refractivity contribution in [3.8, 4) is 21.8 Å². The van der Waals surface area contributed by atoms with E-state index in [1.54, 1.807) is 29.9 Å². The van der Waals surface area contributed by atoms with Crippen LogP contribution in [-0.4, -0.2) is 43.7 Å². The number of hydrogen-bond donors (Lipinski definition) is 1. The van der Waals surface area contributed by atoms with E-state index in [0.717, 1.165) is 40.4 Å². The van der Waals surface area contributed by atoms with Crippen molar-refractivity contribution in [2.45, 2.75) is 6.42 Å². The first-order valence-electron chi connectivity index (χ1n) is 8.17. The Bertz CT molecular complexity index is 953. The van der Waals surface area contributed by atoms with Gasteiger partial charge in [0.15, 0.2) is 0 Å². The summed E-state index contributed by atoms with van der Waals surface area (Å²) in [5, 5.41) is 8.86. The van der Waals surface area contributed by atoms with Crippen molar-refractivity contribution >= 4 is 17.3 Å². The Labute approximate surface area is 154 Å². The molecule has 0 spiro atoms. The molecule has 0 aromatic carbocycles. The molecule has 0 atom stereocenters. The van der Waals surface area contributed by atoms with Gasteiger partial charge in [-0.15, -0.1) is 11.3 Å². The molecule has 0 radical (unpaired) electrons. The number of aromatic amines is 1. The number of likely N-dealkylation sites (N-methyl/N-ethyl adjacent to an activating group) is 1. The van der Waals surface area contributed by atoms with Crippen molar-refractivity contribution in [3.05, 3.63) is 60.3 Å². The van der Waals surface area contributed by atoms with Gasteiger partial charge in [-0.2, -0.15) is 5.10 Å². The van der Waals surface area contributed by atoms with Crippen LogP contribution < -0.4 is 4.90 Å². The largest absolute Gasteiger partial charge is 0.344 e. The highest BCUT2D eigenvalue weighted by Gasteiger charge is 2.15. The average molecular weight is 363 g/mol. The lowest BCUT2D eigenvalue weighted by atomic mass is 10.1. The standard InChI is InChI=1S/C18H17N7S/c1-25(7-4-13-9-22-23-10-13)18-21-11-14(15-12-19-5-6-20-15)17(24-18)16-3-2-8-26-16/h2-3,5-6,8-12H,4,7H2,1H3,(H,22,23). The lowest BCUT2D eigenvalue weighted by molar-refractivity contribution is 0.839. The molecular formula is C18H17N7S. The minimum absolute atomic E-state index is 0.685. The van der Waals surface area contributed by atoms with E-state index in [1.807, 2.05) is 42.0 Å². The van der Waals surface area contributed by atoms with Crippen molar-refractivity contribution in [2.75, 3.05) is 18.5 Å². The first-order chi connectivity index (χ1) is 12.8. The molecule has 0 fully saturated rings. The minimum atomic E-state index is 0.685. The molecule has 0 aliphatic carbocycles. The third kappa shape index (κ3) is 3.45. The molecule has 130 valence electrons. The van der Waals surface area contributed by atoms with E-state index in [0.29, 0.717) is 5.95 Å². The fourth-order valence-corrected chi connectivity index (χ4v) is 3.32. The number of nitrogens with one attached hydrogen (secondary N) is 1. The lowest BCUT2D eigenvalue weighted by Crippen LogP contribution is -2.22. The quantitative estimate of drug-likeness (QED) is 0.567. The van der Waals surface area contributed by atoms with Gasteiger partial charge >= 0.3 is 0 Å². The Kier molecular flexibility index (Phi) is 4.65. The molecule has 0 amide bonds. The average Bonchev–Trinajstić information content (AvgIpc) is 3.40.